The Morgan fingerprint density at radius 3 is 2.86 bits per heavy atom. The van der Waals surface area contributed by atoms with Crippen molar-refractivity contribution < 1.29 is 4.39 Å². The third-order valence-corrected chi connectivity index (χ3v) is 3.80. The van der Waals surface area contributed by atoms with Gasteiger partial charge in [-0.3, -0.25) is 4.68 Å². The minimum atomic E-state index is -0.199. The maximum absolute atomic E-state index is 14.2. The van der Waals surface area contributed by atoms with E-state index >= 15 is 0 Å². The zero-order valence-corrected chi connectivity index (χ0v) is 14.0. The van der Waals surface area contributed by atoms with Gasteiger partial charge in [-0.25, -0.2) is 4.39 Å². The van der Waals surface area contributed by atoms with E-state index in [1.807, 2.05) is 23.1 Å². The Morgan fingerprint density at radius 1 is 1.33 bits per heavy atom. The molecule has 0 saturated heterocycles. The van der Waals surface area contributed by atoms with Crippen LogP contribution in [0.25, 0.3) is 0 Å². The molecule has 0 spiro atoms. The van der Waals surface area contributed by atoms with Gasteiger partial charge in [-0.15, -0.1) is 0 Å². The van der Waals surface area contributed by atoms with Crippen LogP contribution in [0.5, 0.6) is 0 Å². The number of benzene rings is 1. The van der Waals surface area contributed by atoms with Crippen molar-refractivity contribution in [1.29, 1.82) is 0 Å². The Hall–Kier alpha value is -1.20. The number of rotatable bonds is 7. The summed E-state index contributed by atoms with van der Waals surface area (Å²) in [7, 11) is 0. The second kappa shape index (κ2) is 7.71. The van der Waals surface area contributed by atoms with Gasteiger partial charge in [-0.05, 0) is 37.6 Å². The van der Waals surface area contributed by atoms with E-state index in [1.54, 1.807) is 6.07 Å². The zero-order chi connectivity index (χ0) is 15.2. The number of aryl methyl sites for hydroxylation is 1. The molecule has 0 aliphatic carbocycles. The van der Waals surface area contributed by atoms with Gasteiger partial charge in [0.15, 0.2) is 0 Å². The van der Waals surface area contributed by atoms with Gasteiger partial charge in [0, 0.05) is 28.3 Å². The number of halogens is 2. The highest BCUT2D eigenvalue weighted by molar-refractivity contribution is 9.10. The first kappa shape index (κ1) is 16.2. The molecule has 0 aliphatic heterocycles. The van der Waals surface area contributed by atoms with Gasteiger partial charge >= 0.3 is 0 Å². The Balaban J connectivity index is 2.34. The SMILES string of the molecule is CCCNC(c1cnn(CCC)c1)c1cc(Br)ccc1F. The van der Waals surface area contributed by atoms with Crippen LogP contribution in [0, 0.1) is 5.82 Å². The minimum Gasteiger partial charge on any atom is -0.306 e. The van der Waals surface area contributed by atoms with E-state index in [4.69, 9.17) is 0 Å². The van der Waals surface area contributed by atoms with Crippen molar-refractivity contribution in [3.05, 3.63) is 52.0 Å². The highest BCUT2D eigenvalue weighted by Crippen LogP contribution is 2.27. The van der Waals surface area contributed by atoms with E-state index in [2.05, 4.69) is 40.2 Å². The summed E-state index contributed by atoms with van der Waals surface area (Å²) in [6.45, 7) is 5.92. The Morgan fingerprint density at radius 2 is 2.14 bits per heavy atom. The van der Waals surface area contributed by atoms with Gasteiger partial charge in [0.25, 0.3) is 0 Å². The molecule has 0 amide bonds. The molecule has 1 unspecified atom stereocenters. The van der Waals surface area contributed by atoms with Gasteiger partial charge in [0.05, 0.1) is 12.2 Å². The smallest absolute Gasteiger partial charge is 0.128 e. The summed E-state index contributed by atoms with van der Waals surface area (Å²) in [6, 6.07) is 4.88. The highest BCUT2D eigenvalue weighted by Gasteiger charge is 2.19. The molecule has 5 heteroatoms. The van der Waals surface area contributed by atoms with Crippen LogP contribution in [0.3, 0.4) is 0 Å². The molecule has 0 fully saturated rings. The van der Waals surface area contributed by atoms with Crippen molar-refractivity contribution in [1.82, 2.24) is 15.1 Å². The Labute approximate surface area is 133 Å². The third kappa shape index (κ3) is 4.14. The Bertz CT molecular complexity index is 583. The lowest BCUT2D eigenvalue weighted by Crippen LogP contribution is -2.24. The van der Waals surface area contributed by atoms with Crippen molar-refractivity contribution in [2.45, 2.75) is 39.3 Å². The van der Waals surface area contributed by atoms with Crippen LogP contribution >= 0.6 is 15.9 Å². The summed E-state index contributed by atoms with van der Waals surface area (Å²) in [5, 5.41) is 7.77. The first-order valence-electron chi connectivity index (χ1n) is 7.36. The lowest BCUT2D eigenvalue weighted by atomic mass is 10.0. The van der Waals surface area contributed by atoms with Gasteiger partial charge < -0.3 is 5.32 Å². The molecule has 2 rings (SSSR count). The predicted octanol–water partition coefficient (Wildman–Crippen LogP) is 4.28. The van der Waals surface area contributed by atoms with Crippen LogP contribution < -0.4 is 5.32 Å². The van der Waals surface area contributed by atoms with Crippen LogP contribution in [0.2, 0.25) is 0 Å². The average Bonchev–Trinajstić information content (AvgIpc) is 2.92. The van der Waals surface area contributed by atoms with E-state index in [0.717, 1.165) is 36.0 Å². The largest absolute Gasteiger partial charge is 0.306 e. The fraction of sp³-hybridized carbons (Fsp3) is 0.438. The number of aromatic nitrogens is 2. The van der Waals surface area contributed by atoms with Crippen molar-refractivity contribution in [3.8, 4) is 0 Å². The summed E-state index contributed by atoms with van der Waals surface area (Å²) in [4.78, 5) is 0. The van der Waals surface area contributed by atoms with E-state index in [-0.39, 0.29) is 11.9 Å². The van der Waals surface area contributed by atoms with Crippen LogP contribution in [-0.4, -0.2) is 16.3 Å². The maximum atomic E-state index is 14.2. The molecule has 0 bridgehead atoms. The molecule has 1 N–H and O–H groups in total. The molecule has 114 valence electrons. The zero-order valence-electron chi connectivity index (χ0n) is 12.4. The first-order valence-corrected chi connectivity index (χ1v) is 8.15. The van der Waals surface area contributed by atoms with Crippen LogP contribution in [-0.2, 0) is 6.54 Å². The molecule has 1 aromatic carbocycles. The quantitative estimate of drug-likeness (QED) is 0.804. The molecule has 21 heavy (non-hydrogen) atoms. The van der Waals surface area contributed by atoms with Crippen LogP contribution in [0.4, 0.5) is 4.39 Å². The molecule has 1 atom stereocenters. The van der Waals surface area contributed by atoms with Crippen LogP contribution in [0.15, 0.2) is 35.1 Å². The lowest BCUT2D eigenvalue weighted by Gasteiger charge is -2.18. The first-order chi connectivity index (χ1) is 10.2. The van der Waals surface area contributed by atoms with Gasteiger partial charge in [-0.2, -0.15) is 5.10 Å². The fourth-order valence-electron chi connectivity index (χ4n) is 2.31. The molecular weight excluding hydrogens is 333 g/mol. The third-order valence-electron chi connectivity index (χ3n) is 3.31. The van der Waals surface area contributed by atoms with Gasteiger partial charge in [-0.1, -0.05) is 29.8 Å². The topological polar surface area (TPSA) is 29.9 Å². The molecule has 1 heterocycles. The highest BCUT2D eigenvalue weighted by atomic mass is 79.9. The number of hydrogen-bond acceptors (Lipinski definition) is 2. The molecule has 1 aromatic heterocycles. The summed E-state index contributed by atoms with van der Waals surface area (Å²) in [5.74, 6) is -0.199. The second-order valence-corrected chi connectivity index (χ2v) is 6.01. The van der Waals surface area contributed by atoms with Gasteiger partial charge in [0.2, 0.25) is 0 Å². The van der Waals surface area contributed by atoms with Crippen molar-refractivity contribution >= 4 is 15.9 Å². The molecular formula is C16H21BrFN3. The molecule has 0 saturated carbocycles. The monoisotopic (exact) mass is 353 g/mol. The van der Waals surface area contributed by atoms with Crippen molar-refractivity contribution in [2.24, 2.45) is 0 Å². The summed E-state index contributed by atoms with van der Waals surface area (Å²) in [6.07, 6.45) is 5.84. The van der Waals surface area contributed by atoms with E-state index < -0.39 is 0 Å². The van der Waals surface area contributed by atoms with E-state index in [0.29, 0.717) is 5.56 Å². The standard InChI is InChI=1S/C16H21BrFN3/c1-3-7-19-16(12-10-20-21(11-12)8-4-2)14-9-13(17)5-6-15(14)18/h5-6,9-11,16,19H,3-4,7-8H2,1-2H3. The van der Waals surface area contributed by atoms with Crippen molar-refractivity contribution in [2.75, 3.05) is 6.54 Å². The number of nitrogens with zero attached hydrogens (tertiary/aromatic N) is 2. The summed E-state index contributed by atoms with van der Waals surface area (Å²) < 4.78 is 17.0. The van der Waals surface area contributed by atoms with Gasteiger partial charge in [0.1, 0.15) is 5.82 Å². The van der Waals surface area contributed by atoms with Crippen molar-refractivity contribution in [3.63, 3.8) is 0 Å². The molecule has 2 aromatic rings. The maximum Gasteiger partial charge on any atom is 0.128 e. The van der Waals surface area contributed by atoms with Crippen LogP contribution in [0.1, 0.15) is 43.9 Å². The second-order valence-electron chi connectivity index (χ2n) is 5.09. The number of hydrogen-bond donors (Lipinski definition) is 1. The lowest BCUT2D eigenvalue weighted by molar-refractivity contribution is 0.545. The Kier molecular flexibility index (Phi) is 5.94. The summed E-state index contributed by atoms with van der Waals surface area (Å²) >= 11 is 3.42. The normalized spacial score (nSPS) is 12.6. The van der Waals surface area contributed by atoms with E-state index in [9.17, 15) is 4.39 Å². The predicted molar refractivity (Wildman–Crippen MR) is 86.8 cm³/mol. The fourth-order valence-corrected chi connectivity index (χ4v) is 2.69. The summed E-state index contributed by atoms with van der Waals surface area (Å²) in [5.41, 5.74) is 1.64. The number of nitrogens with one attached hydrogen (secondary N) is 1. The molecule has 3 nitrogen and oxygen atoms in total. The molecule has 0 aliphatic rings. The average molecular weight is 354 g/mol. The molecule has 0 radical (unpaired) electrons. The minimum absolute atomic E-state index is 0.173. The van der Waals surface area contributed by atoms with E-state index in [1.165, 1.54) is 6.07 Å².